The van der Waals surface area contributed by atoms with Crippen LogP contribution in [0.25, 0.3) is 6.08 Å². The lowest BCUT2D eigenvalue weighted by atomic mass is 10.1. The summed E-state index contributed by atoms with van der Waals surface area (Å²) in [5.74, 6) is -0.579. The molecule has 1 rings (SSSR count). The molecule has 13 heavy (non-hydrogen) atoms. The quantitative estimate of drug-likeness (QED) is 0.483. The first-order chi connectivity index (χ1) is 6.15. The highest BCUT2D eigenvalue weighted by atomic mass is 16.3. The molecule has 0 spiro atoms. The zero-order valence-corrected chi connectivity index (χ0v) is 7.36. The Kier molecular flexibility index (Phi) is 2.80. The smallest absolute Gasteiger partial charge is 0.165 e. The molecule has 0 saturated heterocycles. The highest BCUT2D eigenvalue weighted by Gasteiger charge is 2.05. The molecule has 1 aromatic rings. The second-order valence-corrected chi connectivity index (χ2v) is 2.71. The van der Waals surface area contributed by atoms with E-state index < -0.39 is 0 Å². The van der Waals surface area contributed by atoms with Crippen LogP contribution in [-0.4, -0.2) is 15.3 Å². The molecule has 1 aromatic carbocycles. The van der Waals surface area contributed by atoms with Crippen LogP contribution in [0, 0.1) is 0 Å². The molecule has 0 radical (unpaired) electrons. The van der Waals surface area contributed by atoms with Crippen molar-refractivity contribution in [3.8, 4) is 17.2 Å². The number of hydrogen-bond donors (Lipinski definition) is 3. The summed E-state index contributed by atoms with van der Waals surface area (Å²) < 4.78 is 0. The number of hydrogen-bond acceptors (Lipinski definition) is 3. The minimum Gasteiger partial charge on any atom is -0.508 e. The monoisotopic (exact) mass is 180 g/mol. The average molecular weight is 180 g/mol. The van der Waals surface area contributed by atoms with Crippen LogP contribution < -0.4 is 0 Å². The Morgan fingerprint density at radius 3 is 2.54 bits per heavy atom. The predicted octanol–water partition coefficient (Wildman–Crippen LogP) is 2.23. The topological polar surface area (TPSA) is 60.7 Å². The fourth-order valence-corrected chi connectivity index (χ4v) is 0.998. The Morgan fingerprint density at radius 1 is 1.23 bits per heavy atom. The van der Waals surface area contributed by atoms with E-state index in [0.717, 1.165) is 12.5 Å². The minimum absolute atomic E-state index is 0.0638. The molecule has 3 N–H and O–H groups in total. The molecule has 0 fully saturated rings. The molecule has 0 amide bonds. The van der Waals surface area contributed by atoms with Crippen LogP contribution in [0.1, 0.15) is 18.9 Å². The van der Waals surface area contributed by atoms with Gasteiger partial charge in [-0.05, 0) is 12.5 Å². The number of phenolic OH excluding ortho intramolecular Hbond substituents is 3. The average Bonchev–Trinajstić information content (AvgIpc) is 2.09. The van der Waals surface area contributed by atoms with Crippen molar-refractivity contribution in [2.45, 2.75) is 13.3 Å². The Morgan fingerprint density at radius 2 is 1.92 bits per heavy atom. The second kappa shape index (κ2) is 3.85. The third-order valence-corrected chi connectivity index (χ3v) is 1.64. The van der Waals surface area contributed by atoms with Crippen LogP contribution in [-0.2, 0) is 0 Å². The minimum atomic E-state index is -0.309. The van der Waals surface area contributed by atoms with Crippen molar-refractivity contribution in [2.75, 3.05) is 0 Å². The molecular weight excluding hydrogens is 168 g/mol. The molecule has 0 aromatic heterocycles. The maximum Gasteiger partial charge on any atom is 0.165 e. The maximum atomic E-state index is 9.34. The van der Waals surface area contributed by atoms with E-state index in [1.54, 1.807) is 6.08 Å². The first-order valence-corrected chi connectivity index (χ1v) is 4.06. The maximum absolute atomic E-state index is 9.34. The fourth-order valence-electron chi connectivity index (χ4n) is 0.998. The largest absolute Gasteiger partial charge is 0.508 e. The van der Waals surface area contributed by atoms with Gasteiger partial charge in [0.1, 0.15) is 5.75 Å². The first kappa shape index (κ1) is 9.45. The van der Waals surface area contributed by atoms with E-state index in [-0.39, 0.29) is 17.2 Å². The van der Waals surface area contributed by atoms with E-state index in [1.807, 2.05) is 13.0 Å². The molecule has 0 aliphatic carbocycles. The van der Waals surface area contributed by atoms with Crippen molar-refractivity contribution in [1.82, 2.24) is 0 Å². The molecule has 0 bridgehead atoms. The van der Waals surface area contributed by atoms with Crippen molar-refractivity contribution < 1.29 is 15.3 Å². The summed E-state index contributed by atoms with van der Waals surface area (Å²) in [6.07, 6.45) is 4.30. The van der Waals surface area contributed by atoms with Gasteiger partial charge in [0.25, 0.3) is 0 Å². The van der Waals surface area contributed by atoms with Crippen molar-refractivity contribution in [1.29, 1.82) is 0 Å². The van der Waals surface area contributed by atoms with E-state index >= 15 is 0 Å². The molecule has 0 heterocycles. The zero-order valence-electron chi connectivity index (χ0n) is 7.36. The number of rotatable bonds is 2. The summed E-state index contributed by atoms with van der Waals surface area (Å²) >= 11 is 0. The second-order valence-electron chi connectivity index (χ2n) is 2.71. The Labute approximate surface area is 76.6 Å². The summed E-state index contributed by atoms with van der Waals surface area (Å²) in [5, 5.41) is 27.6. The van der Waals surface area contributed by atoms with Gasteiger partial charge in [-0.1, -0.05) is 19.1 Å². The standard InChI is InChI=1S/C10H12O3/c1-2-3-4-7-5-8(11)6-9(12)10(7)13/h3-6,11-13H,2H2,1H3/b4-3+. The normalized spacial score (nSPS) is 10.8. The van der Waals surface area contributed by atoms with Crippen LogP contribution in [0.5, 0.6) is 17.2 Å². The predicted molar refractivity (Wildman–Crippen MR) is 50.8 cm³/mol. The van der Waals surface area contributed by atoms with Gasteiger partial charge < -0.3 is 15.3 Å². The van der Waals surface area contributed by atoms with E-state index in [0.29, 0.717) is 5.56 Å². The van der Waals surface area contributed by atoms with Crippen LogP contribution in [0.15, 0.2) is 18.2 Å². The van der Waals surface area contributed by atoms with Crippen molar-refractivity contribution in [3.05, 3.63) is 23.8 Å². The van der Waals surface area contributed by atoms with Crippen molar-refractivity contribution >= 4 is 6.08 Å². The van der Waals surface area contributed by atoms with Gasteiger partial charge in [-0.25, -0.2) is 0 Å². The molecule has 0 aliphatic rings. The third-order valence-electron chi connectivity index (χ3n) is 1.64. The number of phenols is 3. The summed E-state index contributed by atoms with van der Waals surface area (Å²) in [6, 6.07) is 2.49. The molecule has 70 valence electrons. The molecule has 3 heteroatoms. The summed E-state index contributed by atoms with van der Waals surface area (Å²) in [7, 11) is 0. The number of aromatic hydroxyl groups is 3. The van der Waals surface area contributed by atoms with Crippen LogP contribution >= 0.6 is 0 Å². The highest BCUT2D eigenvalue weighted by Crippen LogP contribution is 2.33. The summed E-state index contributed by atoms with van der Waals surface area (Å²) in [5.41, 5.74) is 0.416. The lowest BCUT2D eigenvalue weighted by Gasteiger charge is -2.02. The van der Waals surface area contributed by atoms with Crippen LogP contribution in [0.4, 0.5) is 0 Å². The molecule has 0 unspecified atom stereocenters. The van der Waals surface area contributed by atoms with Gasteiger partial charge in [-0.3, -0.25) is 0 Å². The zero-order chi connectivity index (χ0) is 9.84. The Hall–Kier alpha value is -1.64. The van der Waals surface area contributed by atoms with Gasteiger partial charge in [0, 0.05) is 11.6 Å². The highest BCUT2D eigenvalue weighted by molar-refractivity contribution is 5.63. The number of allylic oxidation sites excluding steroid dienone is 1. The van der Waals surface area contributed by atoms with Gasteiger partial charge in [0.2, 0.25) is 0 Å². The van der Waals surface area contributed by atoms with Crippen LogP contribution in [0.2, 0.25) is 0 Å². The van der Waals surface area contributed by atoms with E-state index in [2.05, 4.69) is 0 Å². The van der Waals surface area contributed by atoms with Crippen molar-refractivity contribution in [3.63, 3.8) is 0 Å². The van der Waals surface area contributed by atoms with E-state index in [9.17, 15) is 5.11 Å². The lowest BCUT2D eigenvalue weighted by Crippen LogP contribution is -1.76. The van der Waals surface area contributed by atoms with Gasteiger partial charge in [-0.15, -0.1) is 0 Å². The molecule has 0 saturated carbocycles. The SMILES string of the molecule is CC/C=C/c1cc(O)cc(O)c1O. The third kappa shape index (κ3) is 2.15. The fraction of sp³-hybridized carbons (Fsp3) is 0.200. The molecular formula is C10H12O3. The van der Waals surface area contributed by atoms with Gasteiger partial charge in [0.15, 0.2) is 11.5 Å². The molecule has 0 aliphatic heterocycles. The Balaban J connectivity index is 3.12. The lowest BCUT2D eigenvalue weighted by molar-refractivity contribution is 0.395. The summed E-state index contributed by atoms with van der Waals surface area (Å²) in [6.45, 7) is 1.95. The number of benzene rings is 1. The van der Waals surface area contributed by atoms with E-state index in [4.69, 9.17) is 10.2 Å². The Bertz CT molecular complexity index is 329. The van der Waals surface area contributed by atoms with Crippen LogP contribution in [0.3, 0.4) is 0 Å². The molecule has 0 atom stereocenters. The van der Waals surface area contributed by atoms with Gasteiger partial charge in [0.05, 0.1) is 0 Å². The van der Waals surface area contributed by atoms with Crippen molar-refractivity contribution in [2.24, 2.45) is 0 Å². The summed E-state index contributed by atoms with van der Waals surface area (Å²) in [4.78, 5) is 0. The first-order valence-electron chi connectivity index (χ1n) is 4.06. The molecule has 3 nitrogen and oxygen atoms in total. The van der Waals surface area contributed by atoms with Gasteiger partial charge >= 0.3 is 0 Å². The van der Waals surface area contributed by atoms with Gasteiger partial charge in [-0.2, -0.15) is 0 Å². The van der Waals surface area contributed by atoms with E-state index in [1.165, 1.54) is 6.07 Å².